The summed E-state index contributed by atoms with van der Waals surface area (Å²) in [5, 5.41) is 6.29. The van der Waals surface area contributed by atoms with Crippen molar-refractivity contribution in [2.24, 2.45) is 5.92 Å². The molecule has 3 heteroatoms. The maximum Gasteiger partial charge on any atom is 0.237 e. The van der Waals surface area contributed by atoms with Crippen molar-refractivity contribution in [2.45, 2.75) is 66.0 Å². The van der Waals surface area contributed by atoms with Crippen molar-refractivity contribution >= 4 is 5.91 Å². The molecule has 0 saturated carbocycles. The summed E-state index contributed by atoms with van der Waals surface area (Å²) in [5.41, 5.74) is 0. The van der Waals surface area contributed by atoms with Crippen LogP contribution in [0.5, 0.6) is 0 Å². The molecule has 0 aromatic rings. The minimum atomic E-state index is -0.0895. The fourth-order valence-corrected chi connectivity index (χ4v) is 1.49. The lowest BCUT2D eigenvalue weighted by molar-refractivity contribution is -0.123. The highest BCUT2D eigenvalue weighted by Crippen LogP contribution is 1.99. The lowest BCUT2D eigenvalue weighted by Gasteiger charge is -2.19. The maximum atomic E-state index is 11.8. The Bertz CT molecular complexity index is 194. The van der Waals surface area contributed by atoms with Gasteiger partial charge in [0.25, 0.3) is 0 Å². The molecule has 0 rings (SSSR count). The molecule has 0 aromatic carbocycles. The third kappa shape index (κ3) is 6.83. The van der Waals surface area contributed by atoms with E-state index in [9.17, 15) is 4.79 Å². The van der Waals surface area contributed by atoms with E-state index in [1.807, 2.05) is 6.92 Å². The van der Waals surface area contributed by atoms with Crippen molar-refractivity contribution in [2.75, 3.05) is 6.54 Å². The van der Waals surface area contributed by atoms with Gasteiger partial charge in [-0.05, 0) is 32.7 Å². The van der Waals surface area contributed by atoms with Crippen molar-refractivity contribution in [1.82, 2.24) is 10.6 Å². The molecule has 0 saturated heterocycles. The van der Waals surface area contributed by atoms with E-state index >= 15 is 0 Å². The van der Waals surface area contributed by atoms with Gasteiger partial charge < -0.3 is 10.6 Å². The topological polar surface area (TPSA) is 41.1 Å². The Hall–Kier alpha value is -0.570. The molecule has 0 aliphatic carbocycles. The molecule has 2 N–H and O–H groups in total. The smallest absolute Gasteiger partial charge is 0.237 e. The van der Waals surface area contributed by atoms with Crippen molar-refractivity contribution < 1.29 is 4.79 Å². The molecule has 0 heterocycles. The summed E-state index contributed by atoms with van der Waals surface area (Å²) >= 11 is 0. The molecule has 0 aliphatic heterocycles. The van der Waals surface area contributed by atoms with Gasteiger partial charge in [0, 0.05) is 6.04 Å². The van der Waals surface area contributed by atoms with Crippen LogP contribution in [-0.4, -0.2) is 24.5 Å². The van der Waals surface area contributed by atoms with E-state index in [0.717, 1.165) is 25.8 Å². The molecule has 1 amide bonds. The first-order chi connectivity index (χ1) is 7.51. The first-order valence-corrected chi connectivity index (χ1v) is 6.54. The lowest BCUT2D eigenvalue weighted by Crippen LogP contribution is -2.46. The first-order valence-electron chi connectivity index (χ1n) is 6.54. The zero-order chi connectivity index (χ0) is 12.6. The Labute approximate surface area is 100 Å². The summed E-state index contributed by atoms with van der Waals surface area (Å²) in [4.78, 5) is 11.8. The van der Waals surface area contributed by atoms with E-state index in [-0.39, 0.29) is 18.0 Å². The van der Waals surface area contributed by atoms with Crippen LogP contribution in [0.4, 0.5) is 0 Å². The summed E-state index contributed by atoms with van der Waals surface area (Å²) in [6, 6.07) is 0.193. The molecule has 0 bridgehead atoms. The van der Waals surface area contributed by atoms with Gasteiger partial charge in [0.2, 0.25) is 5.91 Å². The van der Waals surface area contributed by atoms with Crippen LogP contribution < -0.4 is 10.6 Å². The average molecular weight is 228 g/mol. The van der Waals surface area contributed by atoms with Gasteiger partial charge in [0.15, 0.2) is 0 Å². The number of hydrogen-bond acceptors (Lipinski definition) is 2. The van der Waals surface area contributed by atoms with Crippen LogP contribution in [0.1, 0.15) is 53.9 Å². The van der Waals surface area contributed by atoms with E-state index in [0.29, 0.717) is 5.92 Å². The molecule has 0 radical (unpaired) electrons. The summed E-state index contributed by atoms with van der Waals surface area (Å²) in [5.74, 6) is 0.743. The fraction of sp³-hybridized carbons (Fsp3) is 0.923. The van der Waals surface area contributed by atoms with E-state index in [2.05, 4.69) is 38.3 Å². The van der Waals surface area contributed by atoms with Crippen molar-refractivity contribution in [3.05, 3.63) is 0 Å². The summed E-state index contributed by atoms with van der Waals surface area (Å²) in [6.07, 6.45) is 3.30. The molecule has 96 valence electrons. The zero-order valence-electron chi connectivity index (χ0n) is 11.5. The van der Waals surface area contributed by atoms with Crippen molar-refractivity contribution in [1.29, 1.82) is 0 Å². The number of carbonyl (C=O) groups excluding carboxylic acids is 1. The summed E-state index contributed by atoms with van der Waals surface area (Å²) in [7, 11) is 0. The van der Waals surface area contributed by atoms with Crippen LogP contribution >= 0.6 is 0 Å². The second kappa shape index (κ2) is 8.57. The zero-order valence-corrected chi connectivity index (χ0v) is 11.5. The standard InChI is InChI=1S/C13H28N2O/c1-6-8-11(4)15-13(16)12(5)14-9-10(3)7-2/h10-12,14H,6-9H2,1-5H3,(H,15,16). The van der Waals surface area contributed by atoms with Gasteiger partial charge in [-0.15, -0.1) is 0 Å². The van der Waals surface area contributed by atoms with Gasteiger partial charge in [-0.1, -0.05) is 33.6 Å². The monoisotopic (exact) mass is 228 g/mol. The minimum absolute atomic E-state index is 0.0895. The summed E-state index contributed by atoms with van der Waals surface area (Å²) < 4.78 is 0. The minimum Gasteiger partial charge on any atom is -0.352 e. The van der Waals surface area contributed by atoms with Crippen LogP contribution in [-0.2, 0) is 4.79 Å². The molecular weight excluding hydrogens is 200 g/mol. The summed E-state index contributed by atoms with van der Waals surface area (Å²) in [6.45, 7) is 11.4. The number of hydrogen-bond donors (Lipinski definition) is 2. The van der Waals surface area contributed by atoms with Crippen molar-refractivity contribution in [3.63, 3.8) is 0 Å². The highest BCUT2D eigenvalue weighted by atomic mass is 16.2. The first kappa shape index (κ1) is 15.4. The Morgan fingerprint density at radius 3 is 2.31 bits per heavy atom. The second-order valence-corrected chi connectivity index (χ2v) is 4.84. The molecule has 0 aliphatic rings. The third-order valence-corrected chi connectivity index (χ3v) is 2.97. The van der Waals surface area contributed by atoms with E-state index in [1.165, 1.54) is 0 Å². The molecule has 0 aromatic heterocycles. The van der Waals surface area contributed by atoms with Crippen LogP contribution in [0.15, 0.2) is 0 Å². The largest absolute Gasteiger partial charge is 0.352 e. The van der Waals surface area contributed by atoms with E-state index in [4.69, 9.17) is 0 Å². The van der Waals surface area contributed by atoms with E-state index < -0.39 is 0 Å². The number of amides is 1. The molecule has 0 spiro atoms. The Kier molecular flexibility index (Phi) is 8.26. The van der Waals surface area contributed by atoms with Gasteiger partial charge in [-0.25, -0.2) is 0 Å². The predicted octanol–water partition coefficient (Wildman–Crippen LogP) is 2.32. The molecule has 16 heavy (non-hydrogen) atoms. The van der Waals surface area contributed by atoms with Crippen LogP contribution in [0.3, 0.4) is 0 Å². The van der Waals surface area contributed by atoms with E-state index in [1.54, 1.807) is 0 Å². The number of rotatable bonds is 8. The number of carbonyl (C=O) groups is 1. The Morgan fingerprint density at radius 2 is 1.81 bits per heavy atom. The van der Waals surface area contributed by atoms with Gasteiger partial charge in [0.05, 0.1) is 6.04 Å². The van der Waals surface area contributed by atoms with Crippen LogP contribution in [0.25, 0.3) is 0 Å². The normalized spacial score (nSPS) is 16.6. The van der Waals surface area contributed by atoms with Gasteiger partial charge in [-0.2, -0.15) is 0 Å². The van der Waals surface area contributed by atoms with Crippen LogP contribution in [0.2, 0.25) is 0 Å². The van der Waals surface area contributed by atoms with Crippen molar-refractivity contribution in [3.8, 4) is 0 Å². The highest BCUT2D eigenvalue weighted by Gasteiger charge is 2.14. The molecule has 3 unspecified atom stereocenters. The third-order valence-electron chi connectivity index (χ3n) is 2.97. The van der Waals surface area contributed by atoms with Gasteiger partial charge in [-0.3, -0.25) is 4.79 Å². The molecule has 3 nitrogen and oxygen atoms in total. The molecular formula is C13H28N2O. The molecule has 0 fully saturated rings. The second-order valence-electron chi connectivity index (χ2n) is 4.84. The predicted molar refractivity (Wildman–Crippen MR) is 69.4 cm³/mol. The number of nitrogens with one attached hydrogen (secondary N) is 2. The Morgan fingerprint density at radius 1 is 1.19 bits per heavy atom. The maximum absolute atomic E-state index is 11.8. The highest BCUT2D eigenvalue weighted by molar-refractivity contribution is 5.81. The SMILES string of the molecule is CCCC(C)NC(=O)C(C)NCC(C)CC. The van der Waals surface area contributed by atoms with Crippen LogP contribution in [0, 0.1) is 5.92 Å². The lowest BCUT2D eigenvalue weighted by atomic mass is 10.1. The quantitative estimate of drug-likeness (QED) is 0.669. The molecule has 3 atom stereocenters. The van der Waals surface area contributed by atoms with Gasteiger partial charge >= 0.3 is 0 Å². The Balaban J connectivity index is 3.81. The average Bonchev–Trinajstić information content (AvgIpc) is 2.25. The fourth-order valence-electron chi connectivity index (χ4n) is 1.49. The van der Waals surface area contributed by atoms with Gasteiger partial charge in [0.1, 0.15) is 0 Å².